The van der Waals surface area contributed by atoms with E-state index in [1.807, 2.05) is 6.07 Å². The van der Waals surface area contributed by atoms with E-state index in [4.69, 9.17) is 0 Å². The standard InChI is InChI=1S/C27H32F2N4O4S/c1-17-8-9-23(18-6-4-3-5-7-18)38(36,37)33(17)13-19-10-22(29)20(11-21(19)28)27(14-26(2,35)15-27)24(34)12-25-30-16-31-32-25/h3-7,10-11,16-17,23-24,34-35H,8-9,12-15H2,1-2H3,(H,30,31,32)/t17-,23?,24+,26-,27-/m0/s1. The molecule has 2 aromatic carbocycles. The first-order valence-electron chi connectivity index (χ1n) is 12.7. The van der Waals surface area contributed by atoms with Gasteiger partial charge in [-0.05, 0) is 62.8 Å². The van der Waals surface area contributed by atoms with Crippen molar-refractivity contribution in [2.24, 2.45) is 0 Å². The predicted molar refractivity (Wildman–Crippen MR) is 136 cm³/mol. The molecule has 1 aromatic heterocycles. The third-order valence-electron chi connectivity index (χ3n) is 8.08. The van der Waals surface area contributed by atoms with Crippen LogP contribution in [0.2, 0.25) is 0 Å². The van der Waals surface area contributed by atoms with Crippen molar-refractivity contribution in [1.29, 1.82) is 0 Å². The second-order valence-electron chi connectivity index (χ2n) is 11.0. The highest BCUT2D eigenvalue weighted by molar-refractivity contribution is 7.89. The average Bonchev–Trinajstić information content (AvgIpc) is 3.35. The Labute approximate surface area is 220 Å². The number of nitrogens with one attached hydrogen (secondary N) is 1. The molecule has 0 spiro atoms. The molecule has 2 heterocycles. The summed E-state index contributed by atoms with van der Waals surface area (Å²) in [5.74, 6) is -1.13. The number of aliphatic hydroxyl groups is 2. The molecular weight excluding hydrogens is 514 g/mol. The molecule has 2 fully saturated rings. The maximum absolute atomic E-state index is 15.7. The Morgan fingerprint density at radius 1 is 1.16 bits per heavy atom. The third-order valence-corrected chi connectivity index (χ3v) is 10.4. The summed E-state index contributed by atoms with van der Waals surface area (Å²) in [4.78, 5) is 4.01. The highest BCUT2D eigenvalue weighted by Gasteiger charge is 2.57. The lowest BCUT2D eigenvalue weighted by Crippen LogP contribution is -2.59. The van der Waals surface area contributed by atoms with Gasteiger partial charge in [0.25, 0.3) is 0 Å². The third kappa shape index (κ3) is 4.76. The van der Waals surface area contributed by atoms with Crippen LogP contribution in [-0.4, -0.2) is 55.9 Å². The van der Waals surface area contributed by atoms with Gasteiger partial charge in [-0.2, -0.15) is 9.40 Å². The Balaban J connectivity index is 1.45. The van der Waals surface area contributed by atoms with E-state index in [2.05, 4.69) is 15.2 Å². The first-order chi connectivity index (χ1) is 17.9. The van der Waals surface area contributed by atoms with Gasteiger partial charge in [0.2, 0.25) is 10.0 Å². The normalized spacial score (nSPS) is 30.1. The molecule has 2 aliphatic rings. The number of sulfonamides is 1. The van der Waals surface area contributed by atoms with E-state index in [-0.39, 0.29) is 43.0 Å². The van der Waals surface area contributed by atoms with E-state index < -0.39 is 44.0 Å². The summed E-state index contributed by atoms with van der Waals surface area (Å²) in [6.45, 7) is 3.05. The molecule has 11 heteroatoms. The zero-order valence-electron chi connectivity index (χ0n) is 21.3. The molecule has 3 aromatic rings. The zero-order chi connectivity index (χ0) is 27.3. The van der Waals surface area contributed by atoms with Crippen molar-refractivity contribution in [2.75, 3.05) is 0 Å². The largest absolute Gasteiger partial charge is 0.392 e. The molecule has 3 N–H and O–H groups in total. The summed E-state index contributed by atoms with van der Waals surface area (Å²) in [7, 11) is -3.83. The summed E-state index contributed by atoms with van der Waals surface area (Å²) in [5.41, 5.74) is -1.84. The van der Waals surface area contributed by atoms with Gasteiger partial charge < -0.3 is 10.2 Å². The molecule has 1 aliphatic heterocycles. The number of rotatable bonds is 7. The van der Waals surface area contributed by atoms with Gasteiger partial charge in [-0.3, -0.25) is 5.10 Å². The van der Waals surface area contributed by atoms with Crippen molar-refractivity contribution in [1.82, 2.24) is 19.5 Å². The molecule has 3 atom stereocenters. The summed E-state index contributed by atoms with van der Waals surface area (Å²) in [6, 6.07) is 10.6. The lowest BCUT2D eigenvalue weighted by Gasteiger charge is -2.54. The average molecular weight is 547 g/mol. The number of aromatic nitrogens is 3. The van der Waals surface area contributed by atoms with Gasteiger partial charge in [-0.15, -0.1) is 0 Å². The second-order valence-corrected chi connectivity index (χ2v) is 13.1. The number of H-pyrrole nitrogens is 1. The topological polar surface area (TPSA) is 119 Å². The minimum Gasteiger partial charge on any atom is -0.392 e. The Morgan fingerprint density at radius 3 is 2.50 bits per heavy atom. The van der Waals surface area contributed by atoms with E-state index in [0.29, 0.717) is 24.2 Å². The van der Waals surface area contributed by atoms with Crippen LogP contribution >= 0.6 is 0 Å². The van der Waals surface area contributed by atoms with Gasteiger partial charge in [0.1, 0.15) is 29.0 Å². The number of aromatic amines is 1. The monoisotopic (exact) mass is 546 g/mol. The SMILES string of the molecule is C[C@H]1CCC(c2ccccc2)S(=O)(=O)N1Cc1cc(F)c([C@]2([C@H](O)Cc3ncn[nH]3)C[C@](C)(O)C2)cc1F. The molecule has 38 heavy (non-hydrogen) atoms. The van der Waals surface area contributed by atoms with E-state index in [1.165, 1.54) is 10.6 Å². The molecule has 1 unspecified atom stereocenters. The lowest BCUT2D eigenvalue weighted by atomic mass is 9.53. The Morgan fingerprint density at radius 2 is 1.87 bits per heavy atom. The molecule has 0 bridgehead atoms. The minimum absolute atomic E-state index is 0.0172. The molecule has 0 radical (unpaired) electrons. The van der Waals surface area contributed by atoms with Gasteiger partial charge in [-0.1, -0.05) is 30.3 Å². The zero-order valence-corrected chi connectivity index (χ0v) is 22.1. The minimum atomic E-state index is -3.83. The van der Waals surface area contributed by atoms with Crippen LogP contribution in [0.1, 0.15) is 67.3 Å². The molecule has 1 saturated heterocycles. The van der Waals surface area contributed by atoms with Crippen LogP contribution in [0.25, 0.3) is 0 Å². The maximum atomic E-state index is 15.7. The van der Waals surface area contributed by atoms with Crippen LogP contribution in [0, 0.1) is 11.6 Å². The fraction of sp³-hybridized carbons (Fsp3) is 0.481. The molecular formula is C27H32F2N4O4S. The van der Waals surface area contributed by atoms with Gasteiger partial charge in [0.15, 0.2) is 0 Å². The maximum Gasteiger partial charge on any atom is 0.221 e. The fourth-order valence-electron chi connectivity index (χ4n) is 6.23. The smallest absolute Gasteiger partial charge is 0.221 e. The van der Waals surface area contributed by atoms with E-state index in [0.717, 1.165) is 12.1 Å². The molecule has 204 valence electrons. The van der Waals surface area contributed by atoms with Crippen molar-refractivity contribution in [3.05, 3.63) is 82.9 Å². The van der Waals surface area contributed by atoms with Crippen molar-refractivity contribution >= 4 is 10.0 Å². The summed E-state index contributed by atoms with van der Waals surface area (Å²) < 4.78 is 59.6. The summed E-state index contributed by atoms with van der Waals surface area (Å²) in [5, 5.41) is 27.2. The van der Waals surface area contributed by atoms with Gasteiger partial charge >= 0.3 is 0 Å². The van der Waals surface area contributed by atoms with E-state index in [9.17, 15) is 18.6 Å². The van der Waals surface area contributed by atoms with Crippen LogP contribution in [0.5, 0.6) is 0 Å². The lowest BCUT2D eigenvalue weighted by molar-refractivity contribution is -0.122. The molecule has 0 amide bonds. The van der Waals surface area contributed by atoms with Crippen LogP contribution in [-0.2, 0) is 28.4 Å². The van der Waals surface area contributed by atoms with Crippen LogP contribution in [0.4, 0.5) is 8.78 Å². The first-order valence-corrected chi connectivity index (χ1v) is 14.2. The summed E-state index contributed by atoms with van der Waals surface area (Å²) >= 11 is 0. The Kier molecular flexibility index (Phi) is 6.91. The molecule has 1 aliphatic carbocycles. The van der Waals surface area contributed by atoms with Crippen LogP contribution in [0.3, 0.4) is 0 Å². The highest BCUT2D eigenvalue weighted by Crippen LogP contribution is 2.54. The van der Waals surface area contributed by atoms with E-state index in [1.54, 1.807) is 38.1 Å². The van der Waals surface area contributed by atoms with E-state index >= 15 is 8.78 Å². The number of halogens is 2. The van der Waals surface area contributed by atoms with Crippen molar-refractivity contribution in [3.63, 3.8) is 0 Å². The quantitative estimate of drug-likeness (QED) is 0.417. The van der Waals surface area contributed by atoms with Gasteiger partial charge in [-0.25, -0.2) is 22.2 Å². The Hall–Kier alpha value is -2.73. The van der Waals surface area contributed by atoms with Crippen LogP contribution in [0.15, 0.2) is 48.8 Å². The molecule has 1 saturated carbocycles. The predicted octanol–water partition coefficient (Wildman–Crippen LogP) is 3.52. The number of hydrogen-bond acceptors (Lipinski definition) is 6. The number of benzene rings is 2. The second kappa shape index (κ2) is 9.78. The molecule has 8 nitrogen and oxygen atoms in total. The first kappa shape index (κ1) is 26.9. The van der Waals surface area contributed by atoms with Crippen molar-refractivity contribution < 1.29 is 27.4 Å². The fourth-order valence-corrected chi connectivity index (χ4v) is 8.42. The number of nitrogens with zero attached hydrogens (tertiary/aromatic N) is 3. The van der Waals surface area contributed by atoms with Crippen LogP contribution < -0.4 is 0 Å². The van der Waals surface area contributed by atoms with Crippen molar-refractivity contribution in [2.45, 2.75) is 80.9 Å². The molecule has 5 rings (SSSR count). The highest BCUT2D eigenvalue weighted by atomic mass is 32.2. The Bertz CT molecular complexity index is 1390. The van der Waals surface area contributed by atoms with Gasteiger partial charge in [0, 0.05) is 30.0 Å². The number of hydrogen-bond donors (Lipinski definition) is 3. The van der Waals surface area contributed by atoms with Gasteiger partial charge in [0.05, 0.1) is 11.7 Å². The summed E-state index contributed by atoms with van der Waals surface area (Å²) in [6.07, 6.45) is 1.24. The number of aliphatic hydroxyl groups excluding tert-OH is 1. The van der Waals surface area contributed by atoms with Crippen molar-refractivity contribution in [3.8, 4) is 0 Å².